The Hall–Kier alpha value is -1.10. The number of amides is 1. The first-order chi connectivity index (χ1) is 10.2. The number of hydrogen-bond donors (Lipinski definition) is 1. The van der Waals surface area contributed by atoms with Gasteiger partial charge in [-0.05, 0) is 25.1 Å². The van der Waals surface area contributed by atoms with Gasteiger partial charge in [0.15, 0.2) is 0 Å². The number of unbranched alkanes of at least 4 members (excludes halogenated alkanes) is 1. The van der Waals surface area contributed by atoms with E-state index in [1.54, 1.807) is 6.07 Å². The number of carbonyl (C=O) groups is 1. The molecular formula is C16H24ClN3O. The van der Waals surface area contributed by atoms with Crippen LogP contribution in [0.4, 0.5) is 5.69 Å². The van der Waals surface area contributed by atoms with Crippen molar-refractivity contribution in [2.45, 2.75) is 19.8 Å². The fraction of sp³-hybridized carbons (Fsp3) is 0.562. The molecule has 0 atom stereocenters. The van der Waals surface area contributed by atoms with Crippen LogP contribution in [0.15, 0.2) is 24.3 Å². The van der Waals surface area contributed by atoms with Crippen LogP contribution in [0.1, 0.15) is 19.8 Å². The van der Waals surface area contributed by atoms with Gasteiger partial charge in [-0.2, -0.15) is 0 Å². The summed E-state index contributed by atoms with van der Waals surface area (Å²) in [6, 6.07) is 7.33. The molecule has 1 heterocycles. The van der Waals surface area contributed by atoms with Crippen LogP contribution in [0, 0.1) is 0 Å². The normalized spacial score (nSPS) is 16.9. The average molecular weight is 310 g/mol. The molecule has 1 saturated heterocycles. The van der Waals surface area contributed by atoms with Crippen molar-refractivity contribution < 1.29 is 4.79 Å². The van der Waals surface area contributed by atoms with E-state index >= 15 is 0 Å². The van der Waals surface area contributed by atoms with Crippen molar-refractivity contribution in [3.05, 3.63) is 29.3 Å². The lowest BCUT2D eigenvalue weighted by atomic mass is 10.2. The second-order valence-electron chi connectivity index (χ2n) is 5.50. The molecule has 4 nitrogen and oxygen atoms in total. The van der Waals surface area contributed by atoms with Gasteiger partial charge < -0.3 is 10.2 Å². The number of para-hydroxylation sites is 1. The summed E-state index contributed by atoms with van der Waals surface area (Å²) in [4.78, 5) is 16.7. The van der Waals surface area contributed by atoms with Crippen molar-refractivity contribution >= 4 is 23.2 Å². The van der Waals surface area contributed by atoms with Crippen molar-refractivity contribution in [2.75, 3.05) is 44.6 Å². The first-order valence-corrected chi connectivity index (χ1v) is 8.06. The highest BCUT2D eigenvalue weighted by atomic mass is 35.5. The molecule has 5 heteroatoms. The third-order valence-corrected chi connectivity index (χ3v) is 4.14. The molecule has 0 saturated carbocycles. The maximum atomic E-state index is 12.1. The first kappa shape index (κ1) is 16.3. The second-order valence-corrected chi connectivity index (χ2v) is 5.91. The van der Waals surface area contributed by atoms with Gasteiger partial charge in [0, 0.05) is 26.2 Å². The van der Waals surface area contributed by atoms with Gasteiger partial charge in [0.25, 0.3) is 0 Å². The van der Waals surface area contributed by atoms with Crippen molar-refractivity contribution in [1.82, 2.24) is 9.80 Å². The average Bonchev–Trinajstić information content (AvgIpc) is 2.49. The van der Waals surface area contributed by atoms with Gasteiger partial charge >= 0.3 is 0 Å². The number of anilines is 1. The Labute approximate surface area is 132 Å². The van der Waals surface area contributed by atoms with Crippen molar-refractivity contribution in [3.63, 3.8) is 0 Å². The summed E-state index contributed by atoms with van der Waals surface area (Å²) in [5.41, 5.74) is 0.686. The predicted molar refractivity (Wildman–Crippen MR) is 87.9 cm³/mol. The molecule has 0 unspecified atom stereocenters. The highest BCUT2D eigenvalue weighted by Crippen LogP contribution is 2.20. The van der Waals surface area contributed by atoms with Crippen LogP contribution in [-0.2, 0) is 4.79 Å². The molecule has 1 aromatic carbocycles. The number of nitrogens with zero attached hydrogens (tertiary/aromatic N) is 2. The number of nitrogens with one attached hydrogen (secondary N) is 1. The summed E-state index contributed by atoms with van der Waals surface area (Å²) in [5, 5.41) is 3.46. The van der Waals surface area contributed by atoms with E-state index in [1.807, 2.05) is 18.2 Å². The standard InChI is InChI=1S/C16H24ClN3O/c1-2-3-8-19-9-11-20(12-10-19)13-16(21)18-15-7-5-4-6-14(15)17/h4-7H,2-3,8-13H2,1H3,(H,18,21). The molecule has 0 aliphatic carbocycles. The predicted octanol–water partition coefficient (Wildman–Crippen LogP) is 2.70. The van der Waals surface area contributed by atoms with Gasteiger partial charge in [-0.15, -0.1) is 0 Å². The summed E-state index contributed by atoms with van der Waals surface area (Å²) < 4.78 is 0. The Morgan fingerprint density at radius 3 is 2.52 bits per heavy atom. The van der Waals surface area contributed by atoms with Gasteiger partial charge in [-0.25, -0.2) is 0 Å². The van der Waals surface area contributed by atoms with Crippen LogP contribution in [0.5, 0.6) is 0 Å². The van der Waals surface area contributed by atoms with E-state index in [4.69, 9.17) is 11.6 Å². The van der Waals surface area contributed by atoms with Crippen LogP contribution in [0.3, 0.4) is 0 Å². The van der Waals surface area contributed by atoms with Crippen molar-refractivity contribution in [1.29, 1.82) is 0 Å². The molecule has 0 bridgehead atoms. The Morgan fingerprint density at radius 2 is 1.86 bits per heavy atom. The van der Waals surface area contributed by atoms with E-state index in [2.05, 4.69) is 22.0 Å². The summed E-state index contributed by atoms with van der Waals surface area (Å²) in [7, 11) is 0. The minimum absolute atomic E-state index is 0.00473. The Morgan fingerprint density at radius 1 is 1.19 bits per heavy atom. The zero-order valence-electron chi connectivity index (χ0n) is 12.6. The molecule has 1 aliphatic heterocycles. The SMILES string of the molecule is CCCCN1CCN(CC(=O)Nc2ccccc2Cl)CC1. The molecule has 116 valence electrons. The van der Waals surface area contributed by atoms with Gasteiger partial charge in [0.2, 0.25) is 5.91 Å². The van der Waals surface area contributed by atoms with Crippen LogP contribution >= 0.6 is 11.6 Å². The number of rotatable bonds is 6. The van der Waals surface area contributed by atoms with Gasteiger partial charge in [-0.3, -0.25) is 9.69 Å². The molecule has 1 aromatic rings. The number of piperazine rings is 1. The van der Waals surface area contributed by atoms with Gasteiger partial charge in [0.05, 0.1) is 17.3 Å². The van der Waals surface area contributed by atoms with Crippen LogP contribution in [0.2, 0.25) is 5.02 Å². The van der Waals surface area contributed by atoms with Crippen LogP contribution in [-0.4, -0.2) is 55.0 Å². The smallest absolute Gasteiger partial charge is 0.238 e. The molecular weight excluding hydrogens is 286 g/mol. The lowest BCUT2D eigenvalue weighted by Gasteiger charge is -2.34. The van der Waals surface area contributed by atoms with E-state index in [1.165, 1.54) is 19.4 Å². The van der Waals surface area contributed by atoms with E-state index < -0.39 is 0 Å². The maximum absolute atomic E-state index is 12.1. The molecule has 1 amide bonds. The second kappa shape index (κ2) is 8.37. The summed E-state index contributed by atoms with van der Waals surface area (Å²) >= 11 is 6.04. The molecule has 0 spiro atoms. The largest absolute Gasteiger partial charge is 0.324 e. The summed E-state index contributed by atoms with van der Waals surface area (Å²) in [5.74, 6) is 0.00473. The van der Waals surface area contributed by atoms with E-state index in [0.29, 0.717) is 17.3 Å². The first-order valence-electron chi connectivity index (χ1n) is 7.68. The Bertz CT molecular complexity index is 459. The zero-order chi connectivity index (χ0) is 15.1. The Kier molecular flexibility index (Phi) is 6.49. The fourth-order valence-corrected chi connectivity index (χ4v) is 2.69. The lowest BCUT2D eigenvalue weighted by Crippen LogP contribution is -2.48. The summed E-state index contributed by atoms with van der Waals surface area (Å²) in [6.45, 7) is 7.86. The highest BCUT2D eigenvalue weighted by molar-refractivity contribution is 6.33. The van der Waals surface area contributed by atoms with Crippen molar-refractivity contribution in [2.24, 2.45) is 0 Å². The van der Waals surface area contributed by atoms with E-state index in [0.717, 1.165) is 26.2 Å². The maximum Gasteiger partial charge on any atom is 0.238 e. The lowest BCUT2D eigenvalue weighted by molar-refractivity contribution is -0.117. The fourth-order valence-electron chi connectivity index (χ4n) is 2.51. The minimum Gasteiger partial charge on any atom is -0.324 e. The molecule has 0 radical (unpaired) electrons. The number of hydrogen-bond acceptors (Lipinski definition) is 3. The molecule has 2 rings (SSSR count). The summed E-state index contributed by atoms with van der Waals surface area (Å²) in [6.07, 6.45) is 2.49. The monoisotopic (exact) mass is 309 g/mol. The quantitative estimate of drug-likeness (QED) is 0.877. The molecule has 21 heavy (non-hydrogen) atoms. The minimum atomic E-state index is 0.00473. The third kappa shape index (κ3) is 5.30. The molecule has 1 fully saturated rings. The van der Waals surface area contributed by atoms with Crippen molar-refractivity contribution in [3.8, 4) is 0 Å². The zero-order valence-corrected chi connectivity index (χ0v) is 13.4. The van der Waals surface area contributed by atoms with E-state index in [9.17, 15) is 4.79 Å². The highest BCUT2D eigenvalue weighted by Gasteiger charge is 2.18. The number of carbonyl (C=O) groups excluding carboxylic acids is 1. The molecule has 0 aromatic heterocycles. The third-order valence-electron chi connectivity index (χ3n) is 3.81. The van der Waals surface area contributed by atoms with Gasteiger partial charge in [0.1, 0.15) is 0 Å². The Balaban J connectivity index is 1.73. The van der Waals surface area contributed by atoms with Crippen LogP contribution < -0.4 is 5.32 Å². The molecule has 1 aliphatic rings. The topological polar surface area (TPSA) is 35.6 Å². The van der Waals surface area contributed by atoms with Gasteiger partial charge in [-0.1, -0.05) is 37.1 Å². The molecule has 1 N–H and O–H groups in total. The van der Waals surface area contributed by atoms with Crippen LogP contribution in [0.25, 0.3) is 0 Å². The number of benzene rings is 1. The van der Waals surface area contributed by atoms with E-state index in [-0.39, 0.29) is 5.91 Å². The number of halogens is 1.